The molecular formula is C17H14N2O5S. The summed E-state index contributed by atoms with van der Waals surface area (Å²) in [7, 11) is 0. The molecule has 2 aromatic rings. The van der Waals surface area contributed by atoms with Crippen LogP contribution in [0.5, 0.6) is 0 Å². The number of fused-ring (bicyclic) bond motifs is 4. The average Bonchev–Trinajstić information content (AvgIpc) is 3.16. The number of hydrogen-bond acceptors (Lipinski definition) is 5. The number of benzene rings is 1. The van der Waals surface area contributed by atoms with Crippen molar-refractivity contribution in [3.63, 3.8) is 0 Å². The Morgan fingerprint density at radius 1 is 1.36 bits per heavy atom. The van der Waals surface area contributed by atoms with Crippen LogP contribution in [0.2, 0.25) is 0 Å². The summed E-state index contributed by atoms with van der Waals surface area (Å²) in [4.78, 5) is 43.4. The van der Waals surface area contributed by atoms with Gasteiger partial charge in [-0.05, 0) is 17.2 Å². The number of aldehydes is 1. The van der Waals surface area contributed by atoms with Crippen molar-refractivity contribution in [3.8, 4) is 0 Å². The molecule has 2 aliphatic heterocycles. The number of carboxylic acids is 1. The van der Waals surface area contributed by atoms with Crippen LogP contribution in [0.1, 0.15) is 37.8 Å². The first kappa shape index (κ1) is 15.8. The van der Waals surface area contributed by atoms with E-state index in [9.17, 15) is 19.5 Å². The summed E-state index contributed by atoms with van der Waals surface area (Å²) in [5, 5.41) is 10.8. The summed E-state index contributed by atoms with van der Waals surface area (Å²) < 4.78 is 0. The minimum Gasteiger partial charge on any atom is -0.479 e. The first-order valence-electron chi connectivity index (χ1n) is 7.68. The second kappa shape index (κ2) is 5.98. The summed E-state index contributed by atoms with van der Waals surface area (Å²) in [6.45, 7) is 0.432. The molecule has 1 fully saturated rings. The third-order valence-electron chi connectivity index (χ3n) is 4.38. The molecule has 1 unspecified atom stereocenters. The molecule has 3 heterocycles. The normalized spacial score (nSPS) is 21.4. The standard InChI is InChI=1S/C17H14N2O5S/c20-8-11-6-12-13-7-18(14(16(21)22)15(12)25-11)17(23)19(13)24-9-10-4-2-1-3-5-10/h1-6,8,13-14H,7,9H2,(H,21,22)/t13-,14?/m1/s1. The van der Waals surface area contributed by atoms with Crippen LogP contribution >= 0.6 is 11.3 Å². The predicted octanol–water partition coefficient (Wildman–Crippen LogP) is 2.61. The Hall–Kier alpha value is -2.71. The molecule has 128 valence electrons. The molecule has 1 aromatic heterocycles. The number of carboxylic acid groups (broad SMARTS) is 1. The first-order chi connectivity index (χ1) is 12.1. The van der Waals surface area contributed by atoms with Crippen molar-refractivity contribution in [1.29, 1.82) is 0 Å². The van der Waals surface area contributed by atoms with Gasteiger partial charge in [-0.2, -0.15) is 5.06 Å². The van der Waals surface area contributed by atoms with E-state index in [-0.39, 0.29) is 13.2 Å². The Balaban J connectivity index is 1.66. The highest BCUT2D eigenvalue weighted by molar-refractivity contribution is 7.14. The Kier molecular flexibility index (Phi) is 3.78. The van der Waals surface area contributed by atoms with Gasteiger partial charge in [0.15, 0.2) is 12.3 Å². The fourth-order valence-electron chi connectivity index (χ4n) is 3.26. The topological polar surface area (TPSA) is 87.2 Å². The quantitative estimate of drug-likeness (QED) is 0.830. The van der Waals surface area contributed by atoms with E-state index in [0.717, 1.165) is 16.9 Å². The minimum absolute atomic E-state index is 0.203. The van der Waals surface area contributed by atoms with Crippen LogP contribution in [0.4, 0.5) is 4.79 Å². The van der Waals surface area contributed by atoms with E-state index in [1.807, 2.05) is 30.3 Å². The Bertz CT molecular complexity index is 850. The van der Waals surface area contributed by atoms with Crippen molar-refractivity contribution < 1.29 is 24.3 Å². The van der Waals surface area contributed by atoms with Gasteiger partial charge >= 0.3 is 12.0 Å². The van der Waals surface area contributed by atoms with E-state index < -0.39 is 24.1 Å². The molecule has 2 amide bonds. The number of urea groups is 1. The summed E-state index contributed by atoms with van der Waals surface area (Å²) in [6, 6.07) is 9.10. The largest absolute Gasteiger partial charge is 0.479 e. The van der Waals surface area contributed by atoms with Crippen LogP contribution in [0.25, 0.3) is 0 Å². The van der Waals surface area contributed by atoms with Crippen molar-refractivity contribution >= 4 is 29.6 Å². The number of amides is 2. The second-order valence-electron chi connectivity index (χ2n) is 5.86. The molecule has 25 heavy (non-hydrogen) atoms. The van der Waals surface area contributed by atoms with Crippen LogP contribution < -0.4 is 0 Å². The van der Waals surface area contributed by atoms with Crippen molar-refractivity contribution in [2.75, 3.05) is 6.54 Å². The molecule has 8 heteroatoms. The van der Waals surface area contributed by atoms with E-state index in [2.05, 4.69) is 0 Å². The highest BCUT2D eigenvalue weighted by Gasteiger charge is 2.52. The highest BCUT2D eigenvalue weighted by atomic mass is 32.1. The van der Waals surface area contributed by atoms with Gasteiger partial charge in [0.2, 0.25) is 0 Å². The fraction of sp³-hybridized carbons (Fsp3) is 0.235. The lowest BCUT2D eigenvalue weighted by molar-refractivity contribution is -0.143. The Morgan fingerprint density at radius 3 is 2.80 bits per heavy atom. The average molecular weight is 358 g/mol. The molecule has 0 spiro atoms. The van der Waals surface area contributed by atoms with Crippen molar-refractivity contribution in [1.82, 2.24) is 9.96 Å². The van der Waals surface area contributed by atoms with Gasteiger partial charge in [-0.1, -0.05) is 30.3 Å². The van der Waals surface area contributed by atoms with Gasteiger partial charge in [0, 0.05) is 4.88 Å². The summed E-state index contributed by atoms with van der Waals surface area (Å²) in [6.07, 6.45) is 0.696. The number of hydroxylamine groups is 2. The van der Waals surface area contributed by atoms with Crippen LogP contribution in [-0.2, 0) is 16.2 Å². The van der Waals surface area contributed by atoms with Gasteiger partial charge in [0.25, 0.3) is 0 Å². The zero-order valence-electron chi connectivity index (χ0n) is 13.0. The Labute approximate surface area is 147 Å². The summed E-state index contributed by atoms with van der Waals surface area (Å²) >= 11 is 1.11. The molecule has 2 aliphatic rings. The molecule has 1 N–H and O–H groups in total. The van der Waals surface area contributed by atoms with Crippen molar-refractivity contribution in [2.24, 2.45) is 0 Å². The molecule has 7 nitrogen and oxygen atoms in total. The molecule has 0 saturated carbocycles. The highest BCUT2D eigenvalue weighted by Crippen LogP contribution is 2.47. The smallest absolute Gasteiger partial charge is 0.345 e. The van der Waals surface area contributed by atoms with E-state index in [4.69, 9.17) is 4.84 Å². The van der Waals surface area contributed by atoms with Crippen LogP contribution in [0.3, 0.4) is 0 Å². The number of nitrogens with zero attached hydrogens (tertiary/aromatic N) is 2. The van der Waals surface area contributed by atoms with Gasteiger partial charge < -0.3 is 10.0 Å². The minimum atomic E-state index is -1.11. The number of aliphatic carboxylic acids is 1. The van der Waals surface area contributed by atoms with Crippen LogP contribution in [0, 0.1) is 0 Å². The lowest BCUT2D eigenvalue weighted by Gasteiger charge is -2.27. The van der Waals surface area contributed by atoms with Gasteiger partial charge in [-0.3, -0.25) is 9.63 Å². The fourth-order valence-corrected chi connectivity index (χ4v) is 4.40. The van der Waals surface area contributed by atoms with Crippen LogP contribution in [0.15, 0.2) is 36.4 Å². The molecule has 1 aromatic carbocycles. The predicted molar refractivity (Wildman–Crippen MR) is 88.0 cm³/mol. The monoisotopic (exact) mass is 358 g/mol. The number of hydrogen-bond donors (Lipinski definition) is 1. The van der Waals surface area contributed by atoms with E-state index >= 15 is 0 Å². The first-order valence-corrected chi connectivity index (χ1v) is 8.50. The summed E-state index contributed by atoms with van der Waals surface area (Å²) in [5.41, 5.74) is 1.58. The third kappa shape index (κ3) is 2.50. The maximum Gasteiger partial charge on any atom is 0.345 e. The SMILES string of the molecule is O=Cc1cc2c(s1)C(C(=O)O)N1C[C@H]2N(OCc2ccccc2)C1=O. The maximum absolute atomic E-state index is 12.6. The van der Waals surface area contributed by atoms with Crippen molar-refractivity contribution in [2.45, 2.75) is 18.7 Å². The van der Waals surface area contributed by atoms with E-state index in [1.165, 1.54) is 9.96 Å². The molecule has 2 bridgehead atoms. The van der Waals surface area contributed by atoms with Gasteiger partial charge in [-0.25, -0.2) is 9.59 Å². The lowest BCUT2D eigenvalue weighted by atomic mass is 9.99. The van der Waals surface area contributed by atoms with E-state index in [1.54, 1.807) is 6.07 Å². The zero-order chi connectivity index (χ0) is 17.6. The van der Waals surface area contributed by atoms with Gasteiger partial charge in [0.1, 0.15) is 12.6 Å². The summed E-state index contributed by atoms with van der Waals surface area (Å²) in [5.74, 6) is -1.11. The zero-order valence-corrected chi connectivity index (χ0v) is 13.8. The van der Waals surface area contributed by atoms with Crippen LogP contribution in [-0.4, -0.2) is 39.9 Å². The molecule has 0 aliphatic carbocycles. The molecular weight excluding hydrogens is 344 g/mol. The number of rotatable bonds is 5. The van der Waals surface area contributed by atoms with Gasteiger partial charge in [0.05, 0.1) is 11.4 Å². The van der Waals surface area contributed by atoms with Gasteiger partial charge in [-0.15, -0.1) is 11.3 Å². The number of thiophene rings is 1. The number of carbonyl (C=O) groups is 3. The number of carbonyl (C=O) groups excluding carboxylic acids is 2. The van der Waals surface area contributed by atoms with Crippen molar-refractivity contribution in [3.05, 3.63) is 57.3 Å². The lowest BCUT2D eigenvalue weighted by Crippen LogP contribution is -2.37. The molecule has 4 rings (SSSR count). The second-order valence-corrected chi connectivity index (χ2v) is 6.98. The maximum atomic E-state index is 12.6. The molecule has 1 saturated heterocycles. The third-order valence-corrected chi connectivity index (χ3v) is 5.51. The Morgan fingerprint density at radius 2 is 2.12 bits per heavy atom. The van der Waals surface area contributed by atoms with E-state index in [0.29, 0.717) is 21.6 Å². The molecule has 2 atom stereocenters. The molecule has 0 radical (unpaired) electrons.